The second-order valence-electron chi connectivity index (χ2n) is 2.22. The van der Waals surface area contributed by atoms with Gasteiger partial charge in [-0.25, -0.2) is 13.4 Å². The number of nitrogens with one attached hydrogen (secondary N) is 1. The molecule has 0 unspecified atom stereocenters. The average molecular weight is 222 g/mol. The van der Waals surface area contributed by atoms with E-state index in [2.05, 4.69) is 14.7 Å². The molecule has 0 spiro atoms. The molecule has 0 aliphatic rings. The maximum atomic E-state index is 11.1. The Morgan fingerprint density at radius 2 is 2.31 bits per heavy atom. The topological polar surface area (TPSA) is 72.0 Å². The van der Waals surface area contributed by atoms with Gasteiger partial charge in [0.2, 0.25) is 15.3 Å². The lowest BCUT2D eigenvalue weighted by Gasteiger charge is -2.03. The number of nitrogens with zero attached hydrogens (tertiary/aromatic N) is 2. The van der Waals surface area contributed by atoms with Gasteiger partial charge in [0, 0.05) is 6.20 Å². The van der Waals surface area contributed by atoms with Gasteiger partial charge in [-0.05, 0) is 24.6 Å². The van der Waals surface area contributed by atoms with Gasteiger partial charge in [0.1, 0.15) is 5.82 Å². The zero-order valence-corrected chi connectivity index (χ0v) is 8.43. The van der Waals surface area contributed by atoms with Crippen molar-refractivity contribution in [1.82, 2.24) is 9.97 Å². The molecule has 0 aromatic carbocycles. The molecule has 0 aliphatic heterocycles. The average Bonchev–Trinajstić information content (AvgIpc) is 2.03. The maximum absolute atomic E-state index is 11.1. The molecular weight excluding hydrogens is 214 g/mol. The van der Waals surface area contributed by atoms with E-state index in [0.717, 1.165) is 0 Å². The van der Waals surface area contributed by atoms with Gasteiger partial charge >= 0.3 is 0 Å². The molecule has 5 nitrogen and oxygen atoms in total. The van der Waals surface area contributed by atoms with Crippen LogP contribution in [0.4, 0.5) is 5.82 Å². The highest BCUT2D eigenvalue weighted by molar-refractivity contribution is 7.92. The molecule has 0 aliphatic carbocycles. The van der Waals surface area contributed by atoms with Crippen LogP contribution in [0.1, 0.15) is 6.92 Å². The first-order valence-electron chi connectivity index (χ1n) is 3.52. The van der Waals surface area contributed by atoms with E-state index in [1.54, 1.807) is 0 Å². The van der Waals surface area contributed by atoms with Crippen molar-refractivity contribution in [2.24, 2.45) is 0 Å². The summed E-state index contributed by atoms with van der Waals surface area (Å²) in [4.78, 5) is 7.29. The maximum Gasteiger partial charge on any atom is 0.233 e. The fourth-order valence-electron chi connectivity index (χ4n) is 0.623. The summed E-state index contributed by atoms with van der Waals surface area (Å²) in [6.45, 7) is 1.53. The van der Waals surface area contributed by atoms with E-state index in [-0.39, 0.29) is 16.9 Å². The van der Waals surface area contributed by atoms with Crippen LogP contribution in [-0.2, 0) is 10.0 Å². The van der Waals surface area contributed by atoms with Gasteiger partial charge in [0.05, 0.1) is 5.75 Å². The minimum atomic E-state index is -3.29. The highest BCUT2D eigenvalue weighted by atomic mass is 35.5. The van der Waals surface area contributed by atoms with Gasteiger partial charge in [0.15, 0.2) is 0 Å². The van der Waals surface area contributed by atoms with Gasteiger partial charge in [-0.3, -0.25) is 4.72 Å². The minimum absolute atomic E-state index is 0.00534. The third-order valence-corrected chi connectivity index (χ3v) is 2.73. The van der Waals surface area contributed by atoms with Gasteiger partial charge in [-0.1, -0.05) is 0 Å². The summed E-state index contributed by atoms with van der Waals surface area (Å²) >= 11 is 5.46. The molecule has 1 aromatic rings. The van der Waals surface area contributed by atoms with Gasteiger partial charge in [0.25, 0.3) is 0 Å². The number of hydrogen-bond acceptors (Lipinski definition) is 4. The SMILES string of the molecule is CCS(=O)(=O)Nc1ccnc(Cl)n1. The second-order valence-corrected chi connectivity index (χ2v) is 4.57. The quantitative estimate of drug-likeness (QED) is 0.770. The Labute approximate surface area is 81.2 Å². The predicted molar refractivity (Wildman–Crippen MR) is 50.1 cm³/mol. The normalized spacial score (nSPS) is 11.2. The van der Waals surface area contributed by atoms with Crippen LogP contribution in [-0.4, -0.2) is 24.1 Å². The number of halogens is 1. The summed E-state index contributed by atoms with van der Waals surface area (Å²) < 4.78 is 24.4. The molecule has 0 amide bonds. The second kappa shape index (κ2) is 3.89. The smallest absolute Gasteiger partial charge is 0.233 e. The van der Waals surface area contributed by atoms with Gasteiger partial charge in [-0.2, -0.15) is 4.98 Å². The Kier molecular flexibility index (Phi) is 3.05. The fraction of sp³-hybridized carbons (Fsp3) is 0.333. The summed E-state index contributed by atoms with van der Waals surface area (Å²) in [6, 6.07) is 1.43. The van der Waals surface area contributed by atoms with E-state index in [1.165, 1.54) is 19.2 Å². The molecule has 0 bridgehead atoms. The predicted octanol–water partition coefficient (Wildman–Crippen LogP) is 0.892. The van der Waals surface area contributed by atoms with Crippen molar-refractivity contribution in [3.63, 3.8) is 0 Å². The fourth-order valence-corrected chi connectivity index (χ4v) is 1.35. The van der Waals surface area contributed by atoms with E-state index < -0.39 is 10.0 Å². The van der Waals surface area contributed by atoms with E-state index in [9.17, 15) is 8.42 Å². The highest BCUT2D eigenvalue weighted by Crippen LogP contribution is 2.07. The number of rotatable bonds is 3. The largest absolute Gasteiger partial charge is 0.267 e. The van der Waals surface area contributed by atoms with Crippen molar-refractivity contribution in [2.45, 2.75) is 6.92 Å². The van der Waals surface area contributed by atoms with E-state index in [1.807, 2.05) is 0 Å². The third kappa shape index (κ3) is 3.16. The molecule has 1 rings (SSSR count). The van der Waals surface area contributed by atoms with Crippen LogP contribution < -0.4 is 4.72 Å². The van der Waals surface area contributed by atoms with Crippen LogP contribution in [0.3, 0.4) is 0 Å². The van der Waals surface area contributed by atoms with Gasteiger partial charge in [-0.15, -0.1) is 0 Å². The lowest BCUT2D eigenvalue weighted by molar-refractivity contribution is 0.602. The van der Waals surface area contributed by atoms with Gasteiger partial charge < -0.3 is 0 Å². The van der Waals surface area contributed by atoms with Crippen LogP contribution in [0.25, 0.3) is 0 Å². The lowest BCUT2D eigenvalue weighted by Crippen LogP contribution is -2.15. The Morgan fingerprint density at radius 3 is 2.85 bits per heavy atom. The first kappa shape index (κ1) is 10.2. The Morgan fingerprint density at radius 1 is 1.62 bits per heavy atom. The van der Waals surface area contributed by atoms with Crippen molar-refractivity contribution < 1.29 is 8.42 Å². The zero-order chi connectivity index (χ0) is 9.90. The molecule has 0 atom stereocenters. The van der Waals surface area contributed by atoms with Crippen molar-refractivity contribution >= 4 is 27.4 Å². The summed E-state index contributed by atoms with van der Waals surface area (Å²) in [6.07, 6.45) is 1.38. The Bertz CT molecular complexity index is 393. The number of hydrogen-bond donors (Lipinski definition) is 1. The molecule has 13 heavy (non-hydrogen) atoms. The first-order chi connectivity index (χ1) is 6.03. The Hall–Kier alpha value is -0.880. The van der Waals surface area contributed by atoms with Crippen molar-refractivity contribution in [1.29, 1.82) is 0 Å². The third-order valence-electron chi connectivity index (χ3n) is 1.27. The van der Waals surface area contributed by atoms with Crippen LogP contribution >= 0.6 is 11.6 Å². The molecular formula is C6H8ClN3O2S. The molecule has 0 fully saturated rings. The molecule has 7 heteroatoms. The summed E-state index contributed by atoms with van der Waals surface area (Å²) in [5.41, 5.74) is 0. The summed E-state index contributed by atoms with van der Waals surface area (Å²) in [5, 5.41) is 0.0105. The molecule has 1 heterocycles. The molecule has 1 N–H and O–H groups in total. The molecule has 0 radical (unpaired) electrons. The number of anilines is 1. The summed E-state index contributed by atoms with van der Waals surface area (Å²) in [7, 11) is -3.29. The van der Waals surface area contributed by atoms with Crippen molar-refractivity contribution in [3.8, 4) is 0 Å². The first-order valence-corrected chi connectivity index (χ1v) is 5.55. The van der Waals surface area contributed by atoms with Crippen LogP contribution in [0, 0.1) is 0 Å². The Balaban J connectivity index is 2.87. The van der Waals surface area contributed by atoms with Crippen LogP contribution in [0.15, 0.2) is 12.3 Å². The minimum Gasteiger partial charge on any atom is -0.267 e. The number of aromatic nitrogens is 2. The van der Waals surface area contributed by atoms with Crippen molar-refractivity contribution in [3.05, 3.63) is 17.5 Å². The molecule has 1 aromatic heterocycles. The van der Waals surface area contributed by atoms with Crippen molar-refractivity contribution in [2.75, 3.05) is 10.5 Å². The van der Waals surface area contributed by atoms with Crippen LogP contribution in [0.5, 0.6) is 0 Å². The summed E-state index contributed by atoms with van der Waals surface area (Å²) in [5.74, 6) is 0.177. The van der Waals surface area contributed by atoms with E-state index >= 15 is 0 Å². The van der Waals surface area contributed by atoms with E-state index in [0.29, 0.717) is 0 Å². The molecule has 0 saturated carbocycles. The molecule has 72 valence electrons. The highest BCUT2D eigenvalue weighted by Gasteiger charge is 2.07. The lowest BCUT2D eigenvalue weighted by atomic mass is 10.6. The van der Waals surface area contributed by atoms with Crippen LogP contribution in [0.2, 0.25) is 5.28 Å². The molecule has 0 saturated heterocycles. The standard InChI is InChI=1S/C6H8ClN3O2S/c1-2-13(11,12)10-5-3-4-8-6(7)9-5/h3-4H,2H2,1H3,(H,8,9,10). The number of sulfonamides is 1. The monoisotopic (exact) mass is 221 g/mol. The zero-order valence-electron chi connectivity index (χ0n) is 6.86. The van der Waals surface area contributed by atoms with E-state index in [4.69, 9.17) is 11.6 Å².